The minimum atomic E-state index is 0.186. The number of nitrogens with one attached hydrogen (secondary N) is 1. The number of thioether (sulfide) groups is 1. The van der Waals surface area contributed by atoms with E-state index in [1.54, 1.807) is 0 Å². The molecule has 114 valence electrons. The minimum Gasteiger partial charge on any atom is -0.308 e. The molecule has 0 atom stereocenters. The maximum absolute atomic E-state index is 3.52. The van der Waals surface area contributed by atoms with Gasteiger partial charge in [-0.3, -0.25) is 0 Å². The first-order valence-corrected chi connectivity index (χ1v) is 8.96. The van der Waals surface area contributed by atoms with E-state index in [4.69, 9.17) is 0 Å². The lowest BCUT2D eigenvalue weighted by atomic mass is 10.1. The van der Waals surface area contributed by atoms with Crippen molar-refractivity contribution in [3.05, 3.63) is 29.8 Å². The molecule has 1 aromatic rings. The highest BCUT2D eigenvalue weighted by molar-refractivity contribution is 7.99. The second kappa shape index (κ2) is 9.46. The number of hydrogen-bond acceptors (Lipinski definition) is 2. The third-order valence-corrected chi connectivity index (χ3v) is 4.36. The van der Waals surface area contributed by atoms with E-state index in [1.165, 1.54) is 48.3 Å². The molecule has 1 N–H and O–H groups in total. The van der Waals surface area contributed by atoms with Gasteiger partial charge in [-0.25, -0.2) is 0 Å². The molecule has 2 heteroatoms. The Morgan fingerprint density at radius 3 is 2.20 bits per heavy atom. The van der Waals surface area contributed by atoms with Crippen LogP contribution in [0.2, 0.25) is 0 Å². The van der Waals surface area contributed by atoms with Crippen molar-refractivity contribution in [3.63, 3.8) is 0 Å². The lowest BCUT2D eigenvalue weighted by molar-refractivity contribution is 0.424. The van der Waals surface area contributed by atoms with Gasteiger partial charge in [0.25, 0.3) is 0 Å². The topological polar surface area (TPSA) is 12.0 Å². The minimum absolute atomic E-state index is 0.186. The van der Waals surface area contributed by atoms with Gasteiger partial charge in [0.05, 0.1) is 0 Å². The van der Waals surface area contributed by atoms with Crippen LogP contribution in [-0.4, -0.2) is 11.3 Å². The van der Waals surface area contributed by atoms with Crippen LogP contribution in [0, 0.1) is 0 Å². The zero-order valence-electron chi connectivity index (χ0n) is 13.7. The summed E-state index contributed by atoms with van der Waals surface area (Å²) >= 11 is 1.99. The Balaban J connectivity index is 2.21. The molecule has 1 rings (SSSR count). The Labute approximate surface area is 129 Å². The summed E-state index contributed by atoms with van der Waals surface area (Å²) in [4.78, 5) is 1.40. The van der Waals surface area contributed by atoms with Crippen molar-refractivity contribution in [2.45, 2.75) is 76.8 Å². The van der Waals surface area contributed by atoms with Crippen LogP contribution in [0.1, 0.15) is 65.4 Å². The highest BCUT2D eigenvalue weighted by atomic mass is 32.2. The molecular formula is C18H31NS. The fourth-order valence-corrected chi connectivity index (χ4v) is 2.88. The van der Waals surface area contributed by atoms with Crippen molar-refractivity contribution in [1.29, 1.82) is 0 Å². The van der Waals surface area contributed by atoms with Crippen molar-refractivity contribution >= 4 is 11.8 Å². The maximum atomic E-state index is 3.52. The average molecular weight is 294 g/mol. The van der Waals surface area contributed by atoms with E-state index >= 15 is 0 Å². The van der Waals surface area contributed by atoms with Crippen molar-refractivity contribution in [2.75, 3.05) is 5.75 Å². The Morgan fingerprint density at radius 2 is 1.60 bits per heavy atom. The normalized spacial score (nSPS) is 11.8. The molecule has 0 heterocycles. The summed E-state index contributed by atoms with van der Waals surface area (Å²) in [7, 11) is 0. The van der Waals surface area contributed by atoms with E-state index in [0.717, 1.165) is 6.54 Å². The third-order valence-electron chi connectivity index (χ3n) is 3.26. The maximum Gasteiger partial charge on any atom is 0.0210 e. The Kier molecular flexibility index (Phi) is 8.32. The van der Waals surface area contributed by atoms with Gasteiger partial charge in [0.15, 0.2) is 0 Å². The molecule has 0 saturated heterocycles. The molecule has 0 saturated carbocycles. The first-order chi connectivity index (χ1) is 9.51. The Morgan fingerprint density at radius 1 is 0.950 bits per heavy atom. The number of rotatable bonds is 9. The van der Waals surface area contributed by atoms with E-state index in [-0.39, 0.29) is 5.54 Å². The molecule has 1 aromatic carbocycles. The fraction of sp³-hybridized carbons (Fsp3) is 0.667. The predicted octanol–water partition coefficient (Wildman–Crippen LogP) is 5.64. The smallest absolute Gasteiger partial charge is 0.0210 e. The zero-order valence-corrected chi connectivity index (χ0v) is 14.5. The van der Waals surface area contributed by atoms with Crippen molar-refractivity contribution in [3.8, 4) is 0 Å². The van der Waals surface area contributed by atoms with E-state index in [2.05, 4.69) is 57.3 Å². The second-order valence-electron chi connectivity index (χ2n) is 6.51. The third kappa shape index (κ3) is 8.65. The lowest BCUT2D eigenvalue weighted by Gasteiger charge is -2.20. The lowest BCUT2D eigenvalue weighted by Crippen LogP contribution is -2.35. The molecule has 0 fully saturated rings. The molecule has 0 unspecified atom stereocenters. The molecule has 0 spiro atoms. The summed E-state index contributed by atoms with van der Waals surface area (Å²) in [5.41, 5.74) is 1.55. The molecule has 20 heavy (non-hydrogen) atoms. The summed E-state index contributed by atoms with van der Waals surface area (Å²) in [5.74, 6) is 1.25. The van der Waals surface area contributed by atoms with Gasteiger partial charge in [0.1, 0.15) is 0 Å². The predicted molar refractivity (Wildman–Crippen MR) is 92.5 cm³/mol. The summed E-state index contributed by atoms with van der Waals surface area (Å²) in [6, 6.07) is 9.02. The number of benzene rings is 1. The monoisotopic (exact) mass is 293 g/mol. The molecule has 0 aliphatic rings. The van der Waals surface area contributed by atoms with Gasteiger partial charge < -0.3 is 5.32 Å². The highest BCUT2D eigenvalue weighted by Gasteiger charge is 2.07. The Hall–Kier alpha value is -0.470. The van der Waals surface area contributed by atoms with Crippen molar-refractivity contribution < 1.29 is 0 Å². The van der Waals surface area contributed by atoms with Gasteiger partial charge in [-0.15, -0.1) is 11.8 Å². The van der Waals surface area contributed by atoms with Crippen LogP contribution in [0.25, 0.3) is 0 Å². The van der Waals surface area contributed by atoms with Crippen LogP contribution in [0.3, 0.4) is 0 Å². The van der Waals surface area contributed by atoms with Gasteiger partial charge >= 0.3 is 0 Å². The quantitative estimate of drug-likeness (QED) is 0.467. The van der Waals surface area contributed by atoms with E-state index < -0.39 is 0 Å². The Bertz CT molecular complexity index is 351. The second-order valence-corrected chi connectivity index (χ2v) is 7.68. The van der Waals surface area contributed by atoms with Crippen LogP contribution < -0.4 is 5.32 Å². The summed E-state index contributed by atoms with van der Waals surface area (Å²) in [5, 5.41) is 3.52. The van der Waals surface area contributed by atoms with E-state index in [9.17, 15) is 0 Å². The van der Waals surface area contributed by atoms with Crippen LogP contribution in [0.5, 0.6) is 0 Å². The van der Waals surface area contributed by atoms with Crippen LogP contribution in [-0.2, 0) is 6.54 Å². The van der Waals surface area contributed by atoms with E-state index in [1.807, 2.05) is 11.8 Å². The first-order valence-electron chi connectivity index (χ1n) is 7.98. The molecule has 0 bridgehead atoms. The standard InChI is InChI=1S/C18H31NS/c1-5-6-7-8-9-14-20-17-12-10-16(11-13-17)15-19-18(2,3)4/h10-13,19H,5-9,14-15H2,1-4H3. The van der Waals surface area contributed by atoms with Crippen LogP contribution in [0.15, 0.2) is 29.2 Å². The average Bonchev–Trinajstić information content (AvgIpc) is 2.41. The number of hydrogen-bond donors (Lipinski definition) is 1. The van der Waals surface area contributed by atoms with Crippen molar-refractivity contribution in [2.24, 2.45) is 0 Å². The molecule has 0 amide bonds. The highest BCUT2D eigenvalue weighted by Crippen LogP contribution is 2.20. The molecule has 1 nitrogen and oxygen atoms in total. The zero-order chi connectivity index (χ0) is 14.8. The summed E-state index contributed by atoms with van der Waals surface area (Å²) < 4.78 is 0. The molecular weight excluding hydrogens is 262 g/mol. The SMILES string of the molecule is CCCCCCCSc1ccc(CNC(C)(C)C)cc1. The van der Waals surface area contributed by atoms with Crippen molar-refractivity contribution in [1.82, 2.24) is 5.32 Å². The van der Waals surface area contributed by atoms with Gasteiger partial charge in [0, 0.05) is 17.0 Å². The molecule has 0 aliphatic carbocycles. The molecule has 0 aliphatic heterocycles. The van der Waals surface area contributed by atoms with Crippen LogP contribution >= 0.6 is 11.8 Å². The summed E-state index contributed by atoms with van der Waals surface area (Å²) in [6.07, 6.45) is 6.85. The van der Waals surface area contributed by atoms with Gasteiger partial charge in [0.2, 0.25) is 0 Å². The summed E-state index contributed by atoms with van der Waals surface area (Å²) in [6.45, 7) is 9.83. The van der Waals surface area contributed by atoms with E-state index in [0.29, 0.717) is 0 Å². The molecule has 0 radical (unpaired) electrons. The first kappa shape index (κ1) is 17.6. The van der Waals surface area contributed by atoms with Gasteiger partial charge in [-0.05, 0) is 50.6 Å². The van der Waals surface area contributed by atoms with Gasteiger partial charge in [-0.1, -0.05) is 44.7 Å². The molecule has 0 aromatic heterocycles. The largest absolute Gasteiger partial charge is 0.308 e. The van der Waals surface area contributed by atoms with Gasteiger partial charge in [-0.2, -0.15) is 0 Å². The number of unbranched alkanes of at least 4 members (excludes halogenated alkanes) is 4. The van der Waals surface area contributed by atoms with Crippen LogP contribution in [0.4, 0.5) is 0 Å². The fourth-order valence-electron chi connectivity index (χ4n) is 1.97.